The van der Waals surface area contributed by atoms with Crippen LogP contribution in [0.25, 0.3) is 0 Å². The van der Waals surface area contributed by atoms with Crippen LogP contribution in [0.15, 0.2) is 54.3 Å². The fourth-order valence-electron chi connectivity index (χ4n) is 1.33. The van der Waals surface area contributed by atoms with Crippen LogP contribution in [0.5, 0.6) is 11.5 Å². The van der Waals surface area contributed by atoms with Gasteiger partial charge in [-0.15, -0.1) is 0 Å². The molecule has 0 radical (unpaired) electrons. The maximum Gasteiger partial charge on any atom is 0.519 e. The fraction of sp³-hybridized carbons (Fsp3) is 0. The third-order valence-corrected chi connectivity index (χ3v) is 6.24. The molecule has 0 spiro atoms. The Morgan fingerprint density at radius 1 is 0.750 bits per heavy atom. The number of carbonyl (C=O) groups excluding carboxylic acids is 1. The van der Waals surface area contributed by atoms with E-state index < -0.39 is 6.16 Å². The van der Waals surface area contributed by atoms with Crippen LogP contribution in [0, 0.1) is 0 Å². The second-order valence-corrected chi connectivity index (χ2v) is 6.85. The number of carbonyl (C=O) groups is 1. The molecule has 0 bridgehead atoms. The Morgan fingerprint density at radius 3 is 1.55 bits per heavy atom. The van der Waals surface area contributed by atoms with Gasteiger partial charge >= 0.3 is 6.16 Å². The Kier molecular flexibility index (Phi) is 5.65. The van der Waals surface area contributed by atoms with Gasteiger partial charge < -0.3 is 9.47 Å². The Labute approximate surface area is 149 Å². The molecule has 20 heavy (non-hydrogen) atoms. The maximum atomic E-state index is 11.8. The minimum absolute atomic E-state index is 0.371. The SMILES string of the molecule is O=C(Oc1cccc(Br)c1Br)Oc1cccc(Br)c1Br. The van der Waals surface area contributed by atoms with Crippen LogP contribution in [-0.4, -0.2) is 6.16 Å². The molecule has 2 aromatic rings. The highest BCUT2D eigenvalue weighted by atomic mass is 79.9. The van der Waals surface area contributed by atoms with E-state index in [9.17, 15) is 4.79 Å². The predicted octanol–water partition coefficient (Wildman–Crippen LogP) is 6.31. The average Bonchev–Trinajstić information content (AvgIpc) is 2.40. The van der Waals surface area contributed by atoms with E-state index in [2.05, 4.69) is 63.7 Å². The highest BCUT2D eigenvalue weighted by Gasteiger charge is 2.14. The largest absolute Gasteiger partial charge is 0.519 e. The lowest BCUT2D eigenvalue weighted by atomic mass is 10.3. The van der Waals surface area contributed by atoms with Crippen molar-refractivity contribution in [1.29, 1.82) is 0 Å². The standard InChI is InChI=1S/C13H6Br4O3/c14-7-3-1-5-9(11(7)16)19-13(18)20-10-6-2-4-8(15)12(10)17/h1-6H. The summed E-state index contributed by atoms with van der Waals surface area (Å²) in [6, 6.07) is 10.5. The Hall–Kier alpha value is -0.370. The predicted molar refractivity (Wildman–Crippen MR) is 90.3 cm³/mol. The number of hydrogen-bond acceptors (Lipinski definition) is 3. The van der Waals surface area contributed by atoms with E-state index >= 15 is 0 Å². The molecule has 0 aliphatic rings. The van der Waals surface area contributed by atoms with Crippen molar-refractivity contribution in [2.75, 3.05) is 0 Å². The third-order valence-electron chi connectivity index (χ3n) is 2.22. The van der Waals surface area contributed by atoms with E-state index in [-0.39, 0.29) is 0 Å². The Morgan fingerprint density at radius 2 is 1.15 bits per heavy atom. The zero-order valence-electron chi connectivity index (χ0n) is 9.70. The number of ether oxygens (including phenoxy) is 2. The molecule has 0 amide bonds. The summed E-state index contributed by atoms with van der Waals surface area (Å²) in [6.07, 6.45) is -0.817. The van der Waals surface area contributed by atoms with Crippen molar-refractivity contribution in [3.63, 3.8) is 0 Å². The van der Waals surface area contributed by atoms with E-state index in [1.54, 1.807) is 24.3 Å². The summed E-state index contributed by atoms with van der Waals surface area (Å²) in [7, 11) is 0. The van der Waals surface area contributed by atoms with Crippen LogP contribution < -0.4 is 9.47 Å². The molecule has 0 heterocycles. The summed E-state index contributed by atoms with van der Waals surface area (Å²) in [6.45, 7) is 0. The zero-order valence-corrected chi connectivity index (χ0v) is 16.0. The minimum Gasteiger partial charge on any atom is -0.393 e. The lowest BCUT2D eigenvalue weighted by Crippen LogP contribution is -2.14. The molecule has 7 heteroatoms. The second kappa shape index (κ2) is 7.06. The highest BCUT2D eigenvalue weighted by Crippen LogP contribution is 2.34. The normalized spacial score (nSPS) is 10.2. The summed E-state index contributed by atoms with van der Waals surface area (Å²) in [4.78, 5) is 11.8. The van der Waals surface area contributed by atoms with Crippen LogP contribution >= 0.6 is 63.7 Å². The Bertz CT molecular complexity index is 603. The van der Waals surface area contributed by atoms with Gasteiger partial charge in [0.15, 0.2) is 0 Å². The van der Waals surface area contributed by atoms with Gasteiger partial charge in [0.05, 0.1) is 8.95 Å². The van der Waals surface area contributed by atoms with Gasteiger partial charge in [-0.3, -0.25) is 0 Å². The smallest absolute Gasteiger partial charge is 0.393 e. The van der Waals surface area contributed by atoms with Gasteiger partial charge in [0.1, 0.15) is 11.5 Å². The molecule has 0 N–H and O–H groups in total. The van der Waals surface area contributed by atoms with Gasteiger partial charge in [0.25, 0.3) is 0 Å². The van der Waals surface area contributed by atoms with E-state index in [0.717, 1.165) is 8.95 Å². The first-order valence-electron chi connectivity index (χ1n) is 5.26. The molecule has 0 saturated carbocycles. The summed E-state index contributed by atoms with van der Waals surface area (Å²) >= 11 is 13.3. The molecule has 2 rings (SSSR count). The molecule has 2 aromatic carbocycles. The number of rotatable bonds is 2. The van der Waals surface area contributed by atoms with Gasteiger partial charge in [0.2, 0.25) is 0 Å². The molecule has 104 valence electrons. The van der Waals surface area contributed by atoms with Crippen LogP contribution in [0.1, 0.15) is 0 Å². The van der Waals surface area contributed by atoms with Crippen molar-refractivity contribution in [3.05, 3.63) is 54.3 Å². The van der Waals surface area contributed by atoms with Crippen LogP contribution in [-0.2, 0) is 0 Å². The maximum absolute atomic E-state index is 11.8. The number of hydrogen-bond donors (Lipinski definition) is 0. The fourth-order valence-corrected chi connectivity index (χ4v) is 2.71. The first kappa shape index (κ1) is 16.0. The summed E-state index contributed by atoms with van der Waals surface area (Å²) in [5, 5.41) is 0. The van der Waals surface area contributed by atoms with Gasteiger partial charge in [-0.1, -0.05) is 12.1 Å². The van der Waals surface area contributed by atoms with E-state index in [1.807, 2.05) is 12.1 Å². The summed E-state index contributed by atoms with van der Waals surface area (Å²) < 4.78 is 13.2. The van der Waals surface area contributed by atoms with Crippen molar-refractivity contribution in [2.45, 2.75) is 0 Å². The topological polar surface area (TPSA) is 35.5 Å². The van der Waals surface area contributed by atoms with Crippen molar-refractivity contribution >= 4 is 69.9 Å². The molecule has 3 nitrogen and oxygen atoms in total. The third kappa shape index (κ3) is 3.84. The molecule has 0 aliphatic carbocycles. The average molecular weight is 530 g/mol. The van der Waals surface area contributed by atoms with Crippen molar-refractivity contribution in [1.82, 2.24) is 0 Å². The second-order valence-electron chi connectivity index (χ2n) is 3.56. The molecule has 0 unspecified atom stereocenters. The summed E-state index contributed by atoms with van der Waals surface area (Å²) in [5.74, 6) is 0.742. The summed E-state index contributed by atoms with van der Waals surface area (Å²) in [5.41, 5.74) is 0. The molecule has 0 saturated heterocycles. The molecular formula is C13H6Br4O3. The lowest BCUT2D eigenvalue weighted by Gasteiger charge is -2.09. The van der Waals surface area contributed by atoms with Crippen molar-refractivity contribution in [2.24, 2.45) is 0 Å². The van der Waals surface area contributed by atoms with E-state index in [0.29, 0.717) is 20.4 Å². The Balaban J connectivity index is 2.13. The zero-order chi connectivity index (χ0) is 14.7. The molecule has 0 atom stereocenters. The first-order valence-corrected chi connectivity index (χ1v) is 8.44. The van der Waals surface area contributed by atoms with Crippen LogP contribution in [0.2, 0.25) is 0 Å². The van der Waals surface area contributed by atoms with Gasteiger partial charge in [-0.05, 0) is 88.0 Å². The number of benzene rings is 2. The highest BCUT2D eigenvalue weighted by molar-refractivity contribution is 9.13. The first-order chi connectivity index (χ1) is 9.49. The molecule has 0 aromatic heterocycles. The van der Waals surface area contributed by atoms with Gasteiger partial charge in [0, 0.05) is 8.95 Å². The quantitative estimate of drug-likeness (QED) is 0.338. The van der Waals surface area contributed by atoms with Crippen LogP contribution in [0.4, 0.5) is 4.79 Å². The monoisotopic (exact) mass is 526 g/mol. The molecule has 0 fully saturated rings. The van der Waals surface area contributed by atoms with E-state index in [4.69, 9.17) is 9.47 Å². The van der Waals surface area contributed by atoms with Crippen molar-refractivity contribution < 1.29 is 14.3 Å². The number of halogens is 4. The minimum atomic E-state index is -0.817. The van der Waals surface area contributed by atoms with Crippen molar-refractivity contribution in [3.8, 4) is 11.5 Å². The molecular weight excluding hydrogens is 524 g/mol. The molecule has 0 aliphatic heterocycles. The lowest BCUT2D eigenvalue weighted by molar-refractivity contribution is 0.151. The van der Waals surface area contributed by atoms with Gasteiger partial charge in [-0.25, -0.2) is 4.79 Å². The van der Waals surface area contributed by atoms with Gasteiger partial charge in [-0.2, -0.15) is 0 Å². The van der Waals surface area contributed by atoms with E-state index in [1.165, 1.54) is 0 Å². The van der Waals surface area contributed by atoms with Crippen LogP contribution in [0.3, 0.4) is 0 Å².